The number of hydrogen-bond acceptors (Lipinski definition) is 4. The van der Waals surface area contributed by atoms with Gasteiger partial charge in [0.2, 0.25) is 5.91 Å². The summed E-state index contributed by atoms with van der Waals surface area (Å²) in [4.78, 5) is 27.6. The lowest BCUT2D eigenvalue weighted by atomic mass is 9.73. The molecule has 41 heavy (non-hydrogen) atoms. The minimum Gasteiger partial charge on any atom is -0.402 e. The SMILES string of the molecule is Cc1ccc(-c2ccccc2)cc1C(=O)N[C@@H](Cc1ccccc1)C(=O)NC(CC(C)C)B1OC(C)(C)C(C)(C)O1. The van der Waals surface area contributed by atoms with Gasteiger partial charge in [0.25, 0.3) is 5.91 Å². The summed E-state index contributed by atoms with van der Waals surface area (Å²) in [5, 5.41) is 6.24. The average molecular weight is 555 g/mol. The smallest absolute Gasteiger partial charge is 0.402 e. The summed E-state index contributed by atoms with van der Waals surface area (Å²) in [5.74, 6) is -0.626. The lowest BCUT2D eigenvalue weighted by molar-refractivity contribution is -0.123. The van der Waals surface area contributed by atoms with E-state index >= 15 is 0 Å². The third-order valence-corrected chi connectivity index (χ3v) is 8.15. The van der Waals surface area contributed by atoms with Crippen molar-refractivity contribution < 1.29 is 18.9 Å². The first-order valence-electron chi connectivity index (χ1n) is 14.5. The van der Waals surface area contributed by atoms with E-state index in [1.165, 1.54) is 0 Å². The van der Waals surface area contributed by atoms with E-state index in [-0.39, 0.29) is 17.8 Å². The fraction of sp³-hybridized carbons (Fsp3) is 0.412. The van der Waals surface area contributed by atoms with Crippen LogP contribution in [0.25, 0.3) is 11.1 Å². The fourth-order valence-electron chi connectivity index (χ4n) is 5.05. The summed E-state index contributed by atoms with van der Waals surface area (Å²) >= 11 is 0. The van der Waals surface area contributed by atoms with E-state index in [1.54, 1.807) is 0 Å². The lowest BCUT2D eigenvalue weighted by Crippen LogP contribution is -2.55. The van der Waals surface area contributed by atoms with E-state index in [0.29, 0.717) is 24.3 Å². The van der Waals surface area contributed by atoms with Gasteiger partial charge in [-0.15, -0.1) is 0 Å². The van der Waals surface area contributed by atoms with Gasteiger partial charge in [0, 0.05) is 12.0 Å². The van der Waals surface area contributed by atoms with E-state index in [4.69, 9.17) is 9.31 Å². The third kappa shape index (κ3) is 7.46. The molecule has 1 heterocycles. The highest BCUT2D eigenvalue weighted by molar-refractivity contribution is 6.48. The van der Waals surface area contributed by atoms with Gasteiger partial charge in [0.1, 0.15) is 6.04 Å². The Balaban J connectivity index is 1.59. The summed E-state index contributed by atoms with van der Waals surface area (Å²) in [5.41, 5.74) is 3.28. The number of amides is 2. The van der Waals surface area contributed by atoms with Gasteiger partial charge < -0.3 is 19.9 Å². The van der Waals surface area contributed by atoms with Crippen LogP contribution in [0.1, 0.15) is 69.4 Å². The van der Waals surface area contributed by atoms with Crippen molar-refractivity contribution in [2.75, 3.05) is 0 Å². The molecule has 3 aromatic rings. The van der Waals surface area contributed by atoms with Gasteiger partial charge in [0.15, 0.2) is 0 Å². The van der Waals surface area contributed by atoms with Gasteiger partial charge >= 0.3 is 7.12 Å². The number of carbonyl (C=O) groups is 2. The van der Waals surface area contributed by atoms with Gasteiger partial charge in [0.05, 0.1) is 17.1 Å². The quantitative estimate of drug-likeness (QED) is 0.294. The van der Waals surface area contributed by atoms with Crippen LogP contribution in [0.2, 0.25) is 0 Å². The summed E-state index contributed by atoms with van der Waals surface area (Å²) in [6.45, 7) is 14.1. The Hall–Kier alpha value is -3.42. The highest BCUT2D eigenvalue weighted by atomic mass is 16.7. The zero-order valence-corrected chi connectivity index (χ0v) is 25.4. The number of aryl methyl sites for hydroxylation is 1. The van der Waals surface area contributed by atoms with Crippen LogP contribution in [0, 0.1) is 12.8 Å². The molecule has 1 fully saturated rings. The molecular weight excluding hydrogens is 511 g/mol. The highest BCUT2D eigenvalue weighted by Crippen LogP contribution is 2.38. The molecule has 1 aliphatic rings. The second-order valence-corrected chi connectivity index (χ2v) is 12.5. The highest BCUT2D eigenvalue weighted by Gasteiger charge is 2.54. The van der Waals surface area contributed by atoms with Crippen LogP contribution in [-0.4, -0.2) is 42.1 Å². The van der Waals surface area contributed by atoms with Gasteiger partial charge in [-0.1, -0.05) is 86.6 Å². The summed E-state index contributed by atoms with van der Waals surface area (Å²) in [6.07, 6.45) is 1.03. The van der Waals surface area contributed by atoms with Crippen molar-refractivity contribution in [2.24, 2.45) is 5.92 Å². The molecule has 1 aliphatic heterocycles. The van der Waals surface area contributed by atoms with Crippen molar-refractivity contribution in [2.45, 2.75) is 84.5 Å². The summed E-state index contributed by atoms with van der Waals surface area (Å²) in [6, 6.07) is 24.7. The molecule has 0 aliphatic carbocycles. The van der Waals surface area contributed by atoms with Crippen molar-refractivity contribution >= 4 is 18.9 Å². The first-order valence-corrected chi connectivity index (χ1v) is 14.5. The fourth-order valence-corrected chi connectivity index (χ4v) is 5.05. The Morgan fingerprint density at radius 1 is 0.805 bits per heavy atom. The maximum atomic E-state index is 13.9. The van der Waals surface area contributed by atoms with E-state index in [2.05, 4.69) is 24.5 Å². The van der Waals surface area contributed by atoms with Gasteiger partial charge in [-0.25, -0.2) is 0 Å². The van der Waals surface area contributed by atoms with Crippen LogP contribution in [0.15, 0.2) is 78.9 Å². The molecular formula is C34H43BN2O4. The monoisotopic (exact) mass is 554 g/mol. The normalized spacial score (nSPS) is 17.2. The minimum absolute atomic E-state index is 0.264. The van der Waals surface area contributed by atoms with Gasteiger partial charge in [-0.3, -0.25) is 9.59 Å². The van der Waals surface area contributed by atoms with Gasteiger partial charge in [-0.05, 0) is 75.3 Å². The standard InChI is InChI=1S/C34H43BN2O4/c1-23(2)20-30(35-40-33(4,5)34(6,7)41-35)37-32(39)29(21-25-14-10-8-11-15-25)36-31(38)28-22-27(19-18-24(28)3)26-16-12-9-13-17-26/h8-19,22-23,29-30H,20-21H2,1-7H3,(H,36,38)(H,37,39)/t29-,30?/m0/s1. The molecule has 0 saturated carbocycles. The van der Waals surface area contributed by atoms with Crippen molar-refractivity contribution in [1.82, 2.24) is 10.6 Å². The molecule has 0 spiro atoms. The Morgan fingerprint density at radius 3 is 1.98 bits per heavy atom. The second kappa shape index (κ2) is 12.6. The topological polar surface area (TPSA) is 76.7 Å². The predicted octanol–water partition coefficient (Wildman–Crippen LogP) is 6.17. The van der Waals surface area contributed by atoms with E-state index < -0.39 is 24.4 Å². The minimum atomic E-state index is -0.790. The zero-order valence-electron chi connectivity index (χ0n) is 25.4. The average Bonchev–Trinajstić information content (AvgIpc) is 3.15. The lowest BCUT2D eigenvalue weighted by Gasteiger charge is -2.32. The van der Waals surface area contributed by atoms with Crippen molar-refractivity contribution in [3.05, 3.63) is 95.6 Å². The third-order valence-electron chi connectivity index (χ3n) is 8.15. The largest absolute Gasteiger partial charge is 0.481 e. The number of hydrogen-bond donors (Lipinski definition) is 2. The van der Waals surface area contributed by atoms with Crippen molar-refractivity contribution in [3.8, 4) is 11.1 Å². The molecule has 0 aromatic heterocycles. The van der Waals surface area contributed by atoms with Crippen molar-refractivity contribution in [3.63, 3.8) is 0 Å². The van der Waals surface area contributed by atoms with Crippen LogP contribution in [0.5, 0.6) is 0 Å². The molecule has 0 radical (unpaired) electrons. The van der Waals surface area contributed by atoms with Crippen LogP contribution in [-0.2, 0) is 20.5 Å². The molecule has 3 aromatic carbocycles. The zero-order chi connectivity index (χ0) is 29.8. The summed E-state index contributed by atoms with van der Waals surface area (Å²) in [7, 11) is -0.593. The molecule has 2 amide bonds. The van der Waals surface area contributed by atoms with E-state index in [9.17, 15) is 9.59 Å². The van der Waals surface area contributed by atoms with Gasteiger partial charge in [-0.2, -0.15) is 0 Å². The molecule has 1 unspecified atom stereocenters. The Labute approximate surface area is 245 Å². The summed E-state index contributed by atoms with van der Waals surface area (Å²) < 4.78 is 12.6. The molecule has 4 rings (SSSR count). The maximum Gasteiger partial charge on any atom is 0.481 e. The Morgan fingerprint density at radius 2 is 1.39 bits per heavy atom. The Bertz CT molecular complexity index is 1330. The van der Waals surface area contributed by atoms with E-state index in [1.807, 2.05) is 113 Å². The first kappa shape index (κ1) is 30.5. The number of nitrogens with one attached hydrogen (secondary N) is 2. The second-order valence-electron chi connectivity index (χ2n) is 12.5. The molecule has 0 bridgehead atoms. The molecule has 7 heteroatoms. The first-order chi connectivity index (χ1) is 19.4. The predicted molar refractivity (Wildman–Crippen MR) is 165 cm³/mol. The molecule has 216 valence electrons. The Kier molecular flexibility index (Phi) is 9.40. The van der Waals surface area contributed by atoms with E-state index in [0.717, 1.165) is 22.3 Å². The number of carbonyl (C=O) groups excluding carboxylic acids is 2. The molecule has 6 nitrogen and oxygen atoms in total. The van der Waals surface area contributed by atoms with Crippen LogP contribution in [0.4, 0.5) is 0 Å². The van der Waals surface area contributed by atoms with Crippen LogP contribution >= 0.6 is 0 Å². The van der Waals surface area contributed by atoms with Crippen LogP contribution < -0.4 is 10.6 Å². The molecule has 2 atom stereocenters. The number of rotatable bonds is 10. The van der Waals surface area contributed by atoms with Crippen LogP contribution in [0.3, 0.4) is 0 Å². The molecule has 1 saturated heterocycles. The molecule has 2 N–H and O–H groups in total. The number of benzene rings is 3. The van der Waals surface area contributed by atoms with Crippen molar-refractivity contribution in [1.29, 1.82) is 0 Å². The maximum absolute atomic E-state index is 13.9.